The SMILES string of the molecule is CS(=O)(=O)c1cc(C(=O)O)nn1-c1ccc(F)cc1. The molecule has 8 heteroatoms. The fourth-order valence-corrected chi connectivity index (χ4v) is 2.29. The maximum absolute atomic E-state index is 12.8. The summed E-state index contributed by atoms with van der Waals surface area (Å²) < 4.78 is 37.0. The maximum Gasteiger partial charge on any atom is 0.356 e. The van der Waals surface area contributed by atoms with Gasteiger partial charge in [0.05, 0.1) is 5.69 Å². The van der Waals surface area contributed by atoms with E-state index in [-0.39, 0.29) is 10.7 Å². The molecule has 0 radical (unpaired) electrons. The molecule has 0 saturated carbocycles. The molecule has 6 nitrogen and oxygen atoms in total. The van der Waals surface area contributed by atoms with Crippen molar-refractivity contribution >= 4 is 15.8 Å². The summed E-state index contributed by atoms with van der Waals surface area (Å²) in [6.07, 6.45) is 0.940. The number of aromatic carboxylic acids is 1. The fraction of sp³-hybridized carbons (Fsp3) is 0.0909. The number of benzene rings is 1. The summed E-state index contributed by atoms with van der Waals surface area (Å²) >= 11 is 0. The van der Waals surface area contributed by atoms with Crippen LogP contribution in [0, 0.1) is 5.82 Å². The lowest BCUT2D eigenvalue weighted by Crippen LogP contribution is -2.08. The van der Waals surface area contributed by atoms with Gasteiger partial charge in [0.1, 0.15) is 5.82 Å². The van der Waals surface area contributed by atoms with E-state index in [9.17, 15) is 17.6 Å². The van der Waals surface area contributed by atoms with Crippen LogP contribution in [0.1, 0.15) is 10.5 Å². The summed E-state index contributed by atoms with van der Waals surface area (Å²) in [5, 5.41) is 12.3. The van der Waals surface area contributed by atoms with Gasteiger partial charge in [-0.05, 0) is 24.3 Å². The van der Waals surface area contributed by atoms with E-state index < -0.39 is 27.3 Å². The molecule has 0 aliphatic rings. The van der Waals surface area contributed by atoms with Gasteiger partial charge in [-0.3, -0.25) is 0 Å². The predicted octanol–water partition coefficient (Wildman–Crippen LogP) is 1.11. The first-order valence-electron chi connectivity index (χ1n) is 5.08. The molecule has 2 rings (SSSR count). The van der Waals surface area contributed by atoms with Gasteiger partial charge >= 0.3 is 5.97 Å². The number of halogens is 1. The topological polar surface area (TPSA) is 89.3 Å². The van der Waals surface area contributed by atoms with E-state index in [0.717, 1.165) is 29.1 Å². The summed E-state index contributed by atoms with van der Waals surface area (Å²) in [6, 6.07) is 5.83. The highest BCUT2D eigenvalue weighted by atomic mass is 32.2. The maximum atomic E-state index is 12.8. The second-order valence-electron chi connectivity index (χ2n) is 3.83. The van der Waals surface area contributed by atoms with E-state index in [1.807, 2.05) is 0 Å². The highest BCUT2D eigenvalue weighted by molar-refractivity contribution is 7.90. The summed E-state index contributed by atoms with van der Waals surface area (Å²) in [6.45, 7) is 0. The van der Waals surface area contributed by atoms with E-state index >= 15 is 0 Å². The highest BCUT2D eigenvalue weighted by Crippen LogP contribution is 2.17. The minimum absolute atomic E-state index is 0.259. The summed E-state index contributed by atoms with van der Waals surface area (Å²) in [5.74, 6) is -1.83. The molecule has 100 valence electrons. The number of carboxylic acids is 1. The van der Waals surface area contributed by atoms with Crippen LogP contribution in [0.25, 0.3) is 5.69 Å². The van der Waals surface area contributed by atoms with Gasteiger partial charge in [0.2, 0.25) is 0 Å². The Bertz CT molecular complexity index is 735. The monoisotopic (exact) mass is 284 g/mol. The summed E-state index contributed by atoms with van der Waals surface area (Å²) in [5.41, 5.74) is -0.140. The van der Waals surface area contributed by atoms with Crippen LogP contribution in [0.4, 0.5) is 4.39 Å². The molecule has 1 N–H and O–H groups in total. The van der Waals surface area contributed by atoms with Gasteiger partial charge in [-0.1, -0.05) is 0 Å². The first-order valence-corrected chi connectivity index (χ1v) is 6.97. The molecular weight excluding hydrogens is 275 g/mol. The smallest absolute Gasteiger partial charge is 0.356 e. The van der Waals surface area contributed by atoms with Gasteiger partial charge in [0, 0.05) is 12.3 Å². The van der Waals surface area contributed by atoms with Gasteiger partial charge < -0.3 is 5.11 Å². The number of aromatic nitrogens is 2. The Morgan fingerprint density at radius 2 is 1.89 bits per heavy atom. The largest absolute Gasteiger partial charge is 0.476 e. The van der Waals surface area contributed by atoms with Crippen molar-refractivity contribution in [3.8, 4) is 5.69 Å². The Kier molecular flexibility index (Phi) is 3.11. The summed E-state index contributed by atoms with van der Waals surface area (Å²) in [7, 11) is -3.66. The van der Waals surface area contributed by atoms with Gasteiger partial charge in [-0.2, -0.15) is 5.10 Å². The Balaban J connectivity index is 2.68. The van der Waals surface area contributed by atoms with Crippen LogP contribution >= 0.6 is 0 Å². The lowest BCUT2D eigenvalue weighted by Gasteiger charge is -2.05. The molecule has 0 saturated heterocycles. The van der Waals surface area contributed by atoms with E-state index in [1.165, 1.54) is 12.1 Å². The molecule has 0 fully saturated rings. The Morgan fingerprint density at radius 1 is 1.32 bits per heavy atom. The van der Waals surface area contributed by atoms with Crippen LogP contribution in [-0.4, -0.2) is 35.5 Å². The third-order valence-corrected chi connectivity index (χ3v) is 3.40. The van der Waals surface area contributed by atoms with Crippen molar-refractivity contribution in [3.63, 3.8) is 0 Å². The summed E-state index contributed by atoms with van der Waals surface area (Å²) in [4.78, 5) is 10.8. The van der Waals surface area contributed by atoms with Crippen LogP contribution in [0.2, 0.25) is 0 Å². The molecular formula is C11H9FN2O4S. The van der Waals surface area contributed by atoms with Crippen molar-refractivity contribution in [3.05, 3.63) is 41.8 Å². The van der Waals surface area contributed by atoms with Crippen molar-refractivity contribution in [2.24, 2.45) is 0 Å². The zero-order valence-electron chi connectivity index (χ0n) is 9.74. The van der Waals surface area contributed by atoms with Gasteiger partial charge in [0.25, 0.3) is 0 Å². The third kappa shape index (κ3) is 2.63. The second kappa shape index (κ2) is 4.47. The van der Waals surface area contributed by atoms with E-state index in [1.54, 1.807) is 0 Å². The second-order valence-corrected chi connectivity index (χ2v) is 5.80. The standard InChI is InChI=1S/C11H9FN2O4S/c1-19(17,18)10-6-9(11(15)16)13-14(10)8-4-2-7(12)3-5-8/h2-6H,1H3,(H,15,16). The number of rotatable bonds is 3. The number of hydrogen-bond donors (Lipinski definition) is 1. The number of nitrogens with zero attached hydrogens (tertiary/aromatic N) is 2. The van der Waals surface area contributed by atoms with Crippen molar-refractivity contribution in [1.82, 2.24) is 9.78 Å². The number of hydrogen-bond acceptors (Lipinski definition) is 4. The number of carbonyl (C=O) groups is 1. The molecule has 1 heterocycles. The average Bonchev–Trinajstić information content (AvgIpc) is 2.74. The zero-order valence-corrected chi connectivity index (χ0v) is 10.6. The first-order chi connectivity index (χ1) is 8.79. The number of sulfone groups is 1. The van der Waals surface area contributed by atoms with Crippen LogP contribution < -0.4 is 0 Å². The molecule has 0 aliphatic heterocycles. The molecule has 0 bridgehead atoms. The molecule has 0 amide bonds. The molecule has 1 aromatic carbocycles. The molecule has 1 aromatic heterocycles. The zero-order chi connectivity index (χ0) is 14.2. The molecule has 0 spiro atoms. The fourth-order valence-electron chi connectivity index (χ4n) is 1.50. The molecule has 0 unspecified atom stereocenters. The van der Waals surface area contributed by atoms with E-state index in [2.05, 4.69) is 5.10 Å². The van der Waals surface area contributed by atoms with Crippen molar-refractivity contribution < 1.29 is 22.7 Å². The van der Waals surface area contributed by atoms with Crippen LogP contribution in [0.3, 0.4) is 0 Å². The van der Waals surface area contributed by atoms with E-state index in [0.29, 0.717) is 0 Å². The minimum atomic E-state index is -3.66. The molecule has 0 atom stereocenters. The average molecular weight is 284 g/mol. The van der Waals surface area contributed by atoms with Crippen molar-refractivity contribution in [2.75, 3.05) is 6.26 Å². The van der Waals surface area contributed by atoms with Gasteiger partial charge in [-0.15, -0.1) is 0 Å². The van der Waals surface area contributed by atoms with Crippen LogP contribution in [0.5, 0.6) is 0 Å². The Hall–Kier alpha value is -2.22. The van der Waals surface area contributed by atoms with Gasteiger partial charge in [-0.25, -0.2) is 22.3 Å². The Morgan fingerprint density at radius 3 is 2.37 bits per heavy atom. The van der Waals surface area contributed by atoms with Crippen molar-refractivity contribution in [1.29, 1.82) is 0 Å². The molecule has 19 heavy (non-hydrogen) atoms. The third-order valence-electron chi connectivity index (χ3n) is 2.35. The lowest BCUT2D eigenvalue weighted by atomic mass is 10.3. The number of carboxylic acid groups (broad SMARTS) is 1. The highest BCUT2D eigenvalue weighted by Gasteiger charge is 2.21. The quantitative estimate of drug-likeness (QED) is 0.912. The lowest BCUT2D eigenvalue weighted by molar-refractivity contribution is 0.0690. The molecule has 2 aromatic rings. The minimum Gasteiger partial charge on any atom is -0.476 e. The van der Waals surface area contributed by atoms with E-state index in [4.69, 9.17) is 5.11 Å². The Labute approximate surface area is 108 Å². The van der Waals surface area contributed by atoms with Crippen LogP contribution in [-0.2, 0) is 9.84 Å². The van der Waals surface area contributed by atoms with Crippen LogP contribution in [0.15, 0.2) is 35.4 Å². The van der Waals surface area contributed by atoms with Gasteiger partial charge in [0.15, 0.2) is 20.6 Å². The molecule has 0 aliphatic carbocycles. The first kappa shape index (κ1) is 13.2. The van der Waals surface area contributed by atoms with Crippen molar-refractivity contribution in [2.45, 2.75) is 5.03 Å². The normalized spacial score (nSPS) is 11.5. The predicted molar refractivity (Wildman–Crippen MR) is 63.6 cm³/mol.